The number of carbonyl (C=O) groups excluding carboxylic acids is 6. The number of amides is 2. The molecule has 6 aromatic rings. The van der Waals surface area contributed by atoms with Crippen molar-refractivity contribution in [1.82, 2.24) is 9.13 Å². The normalized spacial score (nSPS) is 11.6. The Morgan fingerprint density at radius 2 is 0.828 bits per heavy atom. The number of esters is 2. The molecule has 0 saturated carbocycles. The number of aromatic nitrogens is 2. The first kappa shape index (κ1) is 45.9. The van der Waals surface area contributed by atoms with Gasteiger partial charge in [-0.3, -0.25) is 19.2 Å². The number of primary amides is 2. The van der Waals surface area contributed by atoms with Crippen LogP contribution in [0.25, 0.3) is 32.9 Å². The fourth-order valence-electron chi connectivity index (χ4n) is 7.27. The summed E-state index contributed by atoms with van der Waals surface area (Å²) in [6, 6.07) is 24.4. The molecule has 0 radical (unpaired) electrons. The molecule has 0 aliphatic carbocycles. The second-order valence-corrected chi connectivity index (χ2v) is 16.8. The third-order valence-electron chi connectivity index (χ3n) is 9.82. The van der Waals surface area contributed by atoms with Gasteiger partial charge in [0.25, 0.3) is 23.4 Å². The summed E-state index contributed by atoms with van der Waals surface area (Å²) in [5, 5.41) is 0.552. The van der Waals surface area contributed by atoms with Gasteiger partial charge in [-0.1, -0.05) is 48.5 Å². The van der Waals surface area contributed by atoms with Crippen LogP contribution in [0.1, 0.15) is 73.6 Å². The summed E-state index contributed by atoms with van der Waals surface area (Å²) in [6.07, 6.45) is 0. The van der Waals surface area contributed by atoms with Crippen LogP contribution in [0, 0.1) is 13.8 Å². The zero-order valence-electron chi connectivity index (χ0n) is 36.9. The Bertz CT molecular complexity index is 2630. The maximum atomic E-state index is 13.3. The molecule has 0 spiro atoms. The van der Waals surface area contributed by atoms with E-state index in [0.717, 1.165) is 0 Å². The second kappa shape index (κ2) is 18.4. The van der Waals surface area contributed by atoms with E-state index in [1.54, 1.807) is 125 Å². The molecule has 0 saturated heterocycles. The monoisotopic (exact) mass is 874 g/mol. The highest BCUT2D eigenvalue weighted by Crippen LogP contribution is 2.40. The lowest BCUT2D eigenvalue weighted by Gasteiger charge is -2.19. The Kier molecular flexibility index (Phi) is 13.2. The summed E-state index contributed by atoms with van der Waals surface area (Å²) < 4.78 is 38.8. The first-order valence-electron chi connectivity index (χ1n) is 20.2. The molecule has 64 heavy (non-hydrogen) atoms. The zero-order chi connectivity index (χ0) is 46.7. The molecule has 0 aliphatic heterocycles. The minimum absolute atomic E-state index is 0.00755. The van der Waals surface area contributed by atoms with Crippen molar-refractivity contribution >= 4 is 57.1 Å². The molecule has 0 bridgehead atoms. The zero-order valence-corrected chi connectivity index (χ0v) is 36.9. The lowest BCUT2D eigenvalue weighted by molar-refractivity contribution is -0.158. The number of Topliss-reactive ketones (excluding diaryl/α,β-unsaturated/α-hetero) is 2. The minimum Gasteiger partial charge on any atom is -0.481 e. The number of rotatable bonds is 17. The van der Waals surface area contributed by atoms with Crippen LogP contribution in [-0.4, -0.2) is 68.9 Å². The van der Waals surface area contributed by atoms with Crippen LogP contribution in [0.2, 0.25) is 0 Å². The van der Waals surface area contributed by atoms with E-state index < -0.39 is 59.7 Å². The largest absolute Gasteiger partial charge is 0.481 e. The third kappa shape index (κ3) is 10.0. The quantitative estimate of drug-likeness (QED) is 0.0554. The maximum absolute atomic E-state index is 13.3. The first-order chi connectivity index (χ1) is 30.2. The first-order valence-corrected chi connectivity index (χ1v) is 20.2. The van der Waals surface area contributed by atoms with Crippen molar-refractivity contribution in [2.75, 3.05) is 13.2 Å². The van der Waals surface area contributed by atoms with Crippen LogP contribution in [0.3, 0.4) is 0 Å². The molecule has 16 heteroatoms. The van der Waals surface area contributed by atoms with E-state index in [9.17, 15) is 28.8 Å². The fourth-order valence-corrected chi connectivity index (χ4v) is 7.27. The summed E-state index contributed by atoms with van der Waals surface area (Å²) in [5.41, 5.74) is 12.5. The van der Waals surface area contributed by atoms with Gasteiger partial charge in [0.2, 0.25) is 0 Å². The Morgan fingerprint density at radius 1 is 0.484 bits per heavy atom. The van der Waals surface area contributed by atoms with Gasteiger partial charge in [0.1, 0.15) is 34.2 Å². The van der Waals surface area contributed by atoms with Crippen molar-refractivity contribution in [3.63, 3.8) is 0 Å². The minimum atomic E-state index is -1.17. The van der Waals surface area contributed by atoms with Gasteiger partial charge in [0, 0.05) is 22.5 Å². The number of fused-ring (bicyclic) bond motifs is 2. The molecule has 334 valence electrons. The molecule has 0 atom stereocenters. The van der Waals surface area contributed by atoms with E-state index in [1.807, 2.05) is 24.3 Å². The SMILES string of the molecule is Cc1c(C(=O)C(N)=O)c2c(OCC(=O)OC(C)(C)C)cccc2n1COc1ccccc1-c1ccccc1OCn1c(C)c(C(=O)C(N)=O)c2c(OCC(=O)OC(C)(C)C)cccc21. The molecule has 6 rings (SSSR count). The van der Waals surface area contributed by atoms with Crippen molar-refractivity contribution < 1.29 is 57.2 Å². The highest BCUT2D eigenvalue weighted by molar-refractivity contribution is 6.45. The number of ether oxygens (including phenoxy) is 6. The Labute approximate surface area is 368 Å². The molecule has 2 aromatic heterocycles. The van der Waals surface area contributed by atoms with Crippen molar-refractivity contribution in [2.24, 2.45) is 11.5 Å². The molecule has 0 aliphatic rings. The van der Waals surface area contributed by atoms with Crippen LogP contribution >= 0.6 is 0 Å². The van der Waals surface area contributed by atoms with Crippen LogP contribution in [0.4, 0.5) is 0 Å². The molecule has 0 fully saturated rings. The third-order valence-corrected chi connectivity index (χ3v) is 9.82. The highest BCUT2D eigenvalue weighted by atomic mass is 16.6. The van der Waals surface area contributed by atoms with Crippen LogP contribution in [0.15, 0.2) is 84.9 Å². The van der Waals surface area contributed by atoms with Crippen molar-refractivity contribution in [2.45, 2.75) is 80.1 Å². The lowest BCUT2D eigenvalue weighted by atomic mass is 10.0. The number of nitrogens with zero attached hydrogens (tertiary/aromatic N) is 2. The molecule has 16 nitrogen and oxygen atoms in total. The number of para-hydroxylation sites is 2. The van der Waals surface area contributed by atoms with Crippen molar-refractivity contribution in [3.8, 4) is 34.1 Å². The van der Waals surface area contributed by atoms with Crippen LogP contribution in [-0.2, 0) is 42.1 Å². The van der Waals surface area contributed by atoms with Crippen LogP contribution in [0.5, 0.6) is 23.0 Å². The molecule has 0 unspecified atom stereocenters. The van der Waals surface area contributed by atoms with Gasteiger partial charge in [-0.15, -0.1) is 0 Å². The summed E-state index contributed by atoms with van der Waals surface area (Å²) in [4.78, 5) is 76.3. The summed E-state index contributed by atoms with van der Waals surface area (Å²) in [6.45, 7) is 12.5. The molecule has 2 heterocycles. The number of carbonyl (C=O) groups is 6. The van der Waals surface area contributed by atoms with Gasteiger partial charge in [-0.05, 0) is 91.8 Å². The predicted molar refractivity (Wildman–Crippen MR) is 236 cm³/mol. The number of benzene rings is 4. The predicted octanol–water partition coefficient (Wildman–Crippen LogP) is 6.73. The van der Waals surface area contributed by atoms with Crippen molar-refractivity contribution in [1.29, 1.82) is 0 Å². The van der Waals surface area contributed by atoms with Gasteiger partial charge >= 0.3 is 11.9 Å². The smallest absolute Gasteiger partial charge is 0.344 e. The van der Waals surface area contributed by atoms with E-state index in [0.29, 0.717) is 45.0 Å². The summed E-state index contributed by atoms with van der Waals surface area (Å²) in [5.74, 6) is -4.26. The van der Waals surface area contributed by atoms with E-state index >= 15 is 0 Å². The molecule has 4 aromatic carbocycles. The van der Waals surface area contributed by atoms with Gasteiger partial charge < -0.3 is 49.0 Å². The van der Waals surface area contributed by atoms with E-state index in [1.165, 1.54) is 0 Å². The van der Waals surface area contributed by atoms with E-state index in [2.05, 4.69) is 0 Å². The van der Waals surface area contributed by atoms with E-state index in [4.69, 9.17) is 39.9 Å². The van der Waals surface area contributed by atoms with Gasteiger partial charge in [-0.25, -0.2) is 9.59 Å². The Hall–Kier alpha value is -7.62. The van der Waals surface area contributed by atoms with Gasteiger partial charge in [0.05, 0.1) is 32.9 Å². The van der Waals surface area contributed by atoms with Crippen molar-refractivity contribution in [3.05, 3.63) is 107 Å². The Morgan fingerprint density at radius 3 is 1.17 bits per heavy atom. The summed E-state index contributed by atoms with van der Waals surface area (Å²) in [7, 11) is 0. The number of hydrogen-bond acceptors (Lipinski definition) is 12. The number of ketones is 2. The average molecular weight is 875 g/mol. The summed E-state index contributed by atoms with van der Waals surface area (Å²) >= 11 is 0. The van der Waals surface area contributed by atoms with E-state index in [-0.39, 0.29) is 46.9 Å². The van der Waals surface area contributed by atoms with Crippen LogP contribution < -0.4 is 30.4 Å². The number of nitrogens with two attached hydrogens (primary N) is 2. The van der Waals surface area contributed by atoms with Gasteiger partial charge in [-0.2, -0.15) is 0 Å². The van der Waals surface area contributed by atoms with Gasteiger partial charge in [0.15, 0.2) is 26.7 Å². The Balaban J connectivity index is 1.32. The molecule has 4 N–H and O–H groups in total. The molecule has 2 amide bonds. The molecular formula is C48H50N4O12. The maximum Gasteiger partial charge on any atom is 0.344 e. The highest BCUT2D eigenvalue weighted by Gasteiger charge is 2.29. The lowest BCUT2D eigenvalue weighted by Crippen LogP contribution is -2.27. The average Bonchev–Trinajstić information content (AvgIpc) is 3.67. The second-order valence-electron chi connectivity index (χ2n) is 16.8. The fraction of sp³-hybridized carbons (Fsp3) is 0.292. The number of hydrogen-bond donors (Lipinski definition) is 2. The topological polar surface area (TPSA) is 220 Å². The molecular weight excluding hydrogens is 825 g/mol. The standard InChI is InChI=1S/C48H50N4O12/c1-27-39(43(55)45(49)57)41-31(17-13-21-35(41)59-23-37(53)63-47(3,4)5)51(27)25-61-33-19-11-9-15-29(33)30-16-10-12-20-34(30)62-26-52-28(2)40(44(56)46(50)58)42-32(52)18-14-22-36(42)60-24-38(54)64-48(6,7)8/h9-22H,23-26H2,1-8H3,(H2,49,57)(H2,50,58).